The molecule has 0 aromatic carbocycles. The SMILES string of the molecule is C[C](C)c1nc(C(F)(F)F)cs1. The van der Waals surface area contributed by atoms with Crippen LogP contribution in [0.4, 0.5) is 13.2 Å². The molecule has 0 saturated carbocycles. The molecule has 0 aliphatic carbocycles. The van der Waals surface area contributed by atoms with Crippen molar-refractivity contribution in [1.29, 1.82) is 0 Å². The van der Waals surface area contributed by atoms with E-state index in [4.69, 9.17) is 0 Å². The smallest absolute Gasteiger partial charge is 0.236 e. The lowest BCUT2D eigenvalue weighted by molar-refractivity contribution is -0.140. The molecule has 1 nitrogen and oxygen atoms in total. The summed E-state index contributed by atoms with van der Waals surface area (Å²) in [6, 6.07) is 0. The van der Waals surface area contributed by atoms with E-state index < -0.39 is 11.9 Å². The van der Waals surface area contributed by atoms with Crippen LogP contribution in [0.15, 0.2) is 5.38 Å². The van der Waals surface area contributed by atoms with Gasteiger partial charge in [0.05, 0.1) is 5.01 Å². The van der Waals surface area contributed by atoms with E-state index in [2.05, 4.69) is 4.98 Å². The average Bonchev–Trinajstić information content (AvgIpc) is 2.30. The van der Waals surface area contributed by atoms with Gasteiger partial charge in [-0.1, -0.05) is 13.8 Å². The highest BCUT2D eigenvalue weighted by molar-refractivity contribution is 7.10. The average molecular weight is 194 g/mol. The molecule has 5 heteroatoms. The first-order valence-electron chi connectivity index (χ1n) is 3.24. The van der Waals surface area contributed by atoms with Crippen molar-refractivity contribution in [3.05, 3.63) is 22.0 Å². The number of hydrogen-bond donors (Lipinski definition) is 0. The van der Waals surface area contributed by atoms with Crippen LogP contribution >= 0.6 is 11.3 Å². The molecular formula is C7H7F3NS. The fraction of sp³-hybridized carbons (Fsp3) is 0.429. The van der Waals surface area contributed by atoms with Gasteiger partial charge >= 0.3 is 6.18 Å². The van der Waals surface area contributed by atoms with Gasteiger partial charge in [0.15, 0.2) is 5.69 Å². The molecule has 1 radical (unpaired) electrons. The summed E-state index contributed by atoms with van der Waals surface area (Å²) in [5, 5.41) is 1.48. The molecule has 0 unspecified atom stereocenters. The third-order valence-electron chi connectivity index (χ3n) is 1.22. The third-order valence-corrected chi connectivity index (χ3v) is 2.29. The van der Waals surface area contributed by atoms with Gasteiger partial charge in [-0.2, -0.15) is 13.2 Å². The van der Waals surface area contributed by atoms with Gasteiger partial charge in [0.1, 0.15) is 0 Å². The van der Waals surface area contributed by atoms with E-state index >= 15 is 0 Å². The molecule has 0 N–H and O–H groups in total. The second-order valence-corrected chi connectivity index (χ2v) is 3.39. The third kappa shape index (κ3) is 1.97. The predicted octanol–water partition coefficient (Wildman–Crippen LogP) is 3.12. The minimum Gasteiger partial charge on any atom is -0.236 e. The summed E-state index contributed by atoms with van der Waals surface area (Å²) in [5.74, 6) is 0.801. The highest BCUT2D eigenvalue weighted by Gasteiger charge is 2.33. The number of aromatic nitrogens is 1. The maximum absolute atomic E-state index is 12.0. The quantitative estimate of drug-likeness (QED) is 0.669. The van der Waals surface area contributed by atoms with Crippen molar-refractivity contribution in [2.75, 3.05) is 0 Å². The number of hydrogen-bond acceptors (Lipinski definition) is 2. The lowest BCUT2D eigenvalue weighted by atomic mass is 10.2. The van der Waals surface area contributed by atoms with E-state index in [0.29, 0.717) is 5.01 Å². The molecule has 12 heavy (non-hydrogen) atoms. The van der Waals surface area contributed by atoms with Crippen molar-refractivity contribution in [3.8, 4) is 0 Å². The normalized spacial score (nSPS) is 12.5. The lowest BCUT2D eigenvalue weighted by Crippen LogP contribution is -2.05. The molecule has 0 aliphatic heterocycles. The topological polar surface area (TPSA) is 12.9 Å². The van der Waals surface area contributed by atoms with Crippen LogP contribution in [0.1, 0.15) is 24.5 Å². The molecule has 0 fully saturated rings. The Morgan fingerprint density at radius 1 is 1.42 bits per heavy atom. The molecule has 0 aliphatic rings. The Kier molecular flexibility index (Phi) is 2.41. The molecule has 0 bridgehead atoms. The van der Waals surface area contributed by atoms with Crippen LogP contribution < -0.4 is 0 Å². The van der Waals surface area contributed by atoms with Gasteiger partial charge < -0.3 is 0 Å². The van der Waals surface area contributed by atoms with Crippen molar-refractivity contribution in [2.45, 2.75) is 20.0 Å². The van der Waals surface area contributed by atoms with Crippen molar-refractivity contribution < 1.29 is 13.2 Å². The highest BCUT2D eigenvalue weighted by Crippen LogP contribution is 2.31. The van der Waals surface area contributed by atoms with Gasteiger partial charge in [0, 0.05) is 11.3 Å². The van der Waals surface area contributed by atoms with Crippen LogP contribution in [0.2, 0.25) is 0 Å². The summed E-state index contributed by atoms with van der Waals surface area (Å²) in [4.78, 5) is 3.44. The molecule has 67 valence electrons. The zero-order valence-electron chi connectivity index (χ0n) is 6.57. The van der Waals surface area contributed by atoms with Crippen LogP contribution in [0, 0.1) is 5.92 Å². The Labute approximate surface area is 72.2 Å². The van der Waals surface area contributed by atoms with Gasteiger partial charge in [-0.05, 0) is 0 Å². The van der Waals surface area contributed by atoms with Crippen LogP contribution in [0.25, 0.3) is 0 Å². The molecule has 1 aromatic rings. The summed E-state index contributed by atoms with van der Waals surface area (Å²) < 4.78 is 36.0. The molecule has 1 aromatic heterocycles. The summed E-state index contributed by atoms with van der Waals surface area (Å²) >= 11 is 1.02. The standard InChI is InChI=1S/C7H7F3NS/c1-4(2)6-11-5(3-12-6)7(8,9)10/h3H,1-2H3. The van der Waals surface area contributed by atoms with Crippen LogP contribution in [-0.4, -0.2) is 4.98 Å². The fourth-order valence-electron chi connectivity index (χ4n) is 0.634. The van der Waals surface area contributed by atoms with E-state index in [1.807, 2.05) is 0 Å². The summed E-state index contributed by atoms with van der Waals surface area (Å²) in [5.41, 5.74) is -0.802. The van der Waals surface area contributed by atoms with Gasteiger partial charge in [0.2, 0.25) is 0 Å². The Morgan fingerprint density at radius 2 is 2.00 bits per heavy atom. The number of rotatable bonds is 1. The van der Waals surface area contributed by atoms with Gasteiger partial charge in [0.25, 0.3) is 0 Å². The minimum absolute atomic E-state index is 0.447. The van der Waals surface area contributed by atoms with Crippen molar-refractivity contribution in [3.63, 3.8) is 0 Å². The highest BCUT2D eigenvalue weighted by atomic mass is 32.1. The number of alkyl halides is 3. The maximum atomic E-state index is 12.0. The van der Waals surface area contributed by atoms with Gasteiger partial charge in [-0.3, -0.25) is 0 Å². The van der Waals surface area contributed by atoms with Crippen molar-refractivity contribution in [2.24, 2.45) is 0 Å². The molecular weight excluding hydrogens is 187 g/mol. The lowest BCUT2D eigenvalue weighted by Gasteiger charge is -2.00. The van der Waals surface area contributed by atoms with Crippen LogP contribution in [0.5, 0.6) is 0 Å². The Bertz CT molecular complexity index is 264. The molecule has 1 rings (SSSR count). The van der Waals surface area contributed by atoms with Gasteiger partial charge in [-0.15, -0.1) is 11.3 Å². The maximum Gasteiger partial charge on any atom is 0.434 e. The van der Waals surface area contributed by atoms with Gasteiger partial charge in [-0.25, -0.2) is 4.98 Å². The van der Waals surface area contributed by atoms with Crippen molar-refractivity contribution >= 4 is 11.3 Å². The second-order valence-electron chi connectivity index (χ2n) is 2.54. The molecule has 0 saturated heterocycles. The Balaban J connectivity index is 2.92. The first-order valence-corrected chi connectivity index (χ1v) is 4.12. The first kappa shape index (κ1) is 9.51. The van der Waals surface area contributed by atoms with E-state index in [0.717, 1.165) is 22.6 Å². The van der Waals surface area contributed by atoms with Crippen LogP contribution in [-0.2, 0) is 6.18 Å². The molecule has 0 spiro atoms. The summed E-state index contributed by atoms with van der Waals surface area (Å²) in [6.45, 7) is 3.47. The molecule has 0 atom stereocenters. The van der Waals surface area contributed by atoms with Crippen molar-refractivity contribution in [1.82, 2.24) is 4.98 Å². The second kappa shape index (κ2) is 3.05. The minimum atomic E-state index is -4.32. The van der Waals surface area contributed by atoms with E-state index in [1.165, 1.54) is 0 Å². The molecule has 1 heterocycles. The fourth-order valence-corrected chi connectivity index (χ4v) is 1.43. The number of thiazole rings is 1. The largest absolute Gasteiger partial charge is 0.434 e. The number of nitrogens with zero attached hydrogens (tertiary/aromatic N) is 1. The van der Waals surface area contributed by atoms with Crippen LogP contribution in [0.3, 0.4) is 0 Å². The van der Waals surface area contributed by atoms with E-state index in [-0.39, 0.29) is 0 Å². The Hall–Kier alpha value is -0.580. The Morgan fingerprint density at radius 3 is 2.25 bits per heavy atom. The zero-order valence-corrected chi connectivity index (χ0v) is 7.38. The summed E-state index contributed by atoms with van der Waals surface area (Å²) in [6.07, 6.45) is -4.32. The number of halogens is 3. The van der Waals surface area contributed by atoms with E-state index in [1.54, 1.807) is 13.8 Å². The zero-order chi connectivity index (χ0) is 9.35. The summed E-state index contributed by atoms with van der Waals surface area (Å²) in [7, 11) is 0. The first-order chi connectivity index (χ1) is 5.41. The van der Waals surface area contributed by atoms with E-state index in [9.17, 15) is 13.2 Å². The molecule has 0 amide bonds. The monoisotopic (exact) mass is 194 g/mol. The predicted molar refractivity (Wildman–Crippen MR) is 40.8 cm³/mol.